The van der Waals surface area contributed by atoms with Crippen LogP contribution in [0.3, 0.4) is 0 Å². The number of hydrogen-bond acceptors (Lipinski definition) is 6. The van der Waals surface area contributed by atoms with Crippen molar-refractivity contribution in [2.24, 2.45) is 5.90 Å². The van der Waals surface area contributed by atoms with Crippen molar-refractivity contribution >= 4 is 12.2 Å². The van der Waals surface area contributed by atoms with Crippen LogP contribution in [0.1, 0.15) is 20.8 Å². The topological polar surface area (TPSA) is 91.1 Å². The molecular weight excluding hydrogens is 216 g/mol. The van der Waals surface area contributed by atoms with Crippen molar-refractivity contribution in [1.29, 1.82) is 0 Å². The van der Waals surface area contributed by atoms with Crippen molar-refractivity contribution < 1.29 is 23.9 Å². The van der Waals surface area contributed by atoms with E-state index in [2.05, 4.69) is 4.84 Å². The summed E-state index contributed by atoms with van der Waals surface area (Å²) in [6.45, 7) is 5.25. The Bertz CT molecular complexity index is 249. The summed E-state index contributed by atoms with van der Waals surface area (Å²) >= 11 is 0. The highest BCUT2D eigenvalue weighted by Gasteiger charge is 2.27. The highest BCUT2D eigenvalue weighted by Crippen LogP contribution is 2.10. The van der Waals surface area contributed by atoms with E-state index in [1.54, 1.807) is 20.8 Å². The van der Waals surface area contributed by atoms with E-state index < -0.39 is 17.8 Å². The van der Waals surface area contributed by atoms with Gasteiger partial charge in [-0.1, -0.05) is 0 Å². The quantitative estimate of drug-likeness (QED) is 0.729. The highest BCUT2D eigenvalue weighted by molar-refractivity contribution is 5.87. The first kappa shape index (κ1) is 14.7. The Morgan fingerprint density at radius 2 is 1.81 bits per heavy atom. The van der Waals surface area contributed by atoms with Crippen LogP contribution in [0, 0.1) is 0 Å². The third-order valence-corrected chi connectivity index (χ3v) is 1.45. The van der Waals surface area contributed by atoms with Gasteiger partial charge >= 0.3 is 12.2 Å². The van der Waals surface area contributed by atoms with E-state index in [1.807, 2.05) is 0 Å². The molecule has 0 heterocycles. The molecule has 2 amide bonds. The molecule has 0 saturated carbocycles. The molecule has 0 aliphatic carbocycles. The molecule has 0 aromatic heterocycles. The van der Waals surface area contributed by atoms with E-state index in [4.69, 9.17) is 15.4 Å². The second-order valence-corrected chi connectivity index (χ2v) is 4.01. The molecular formula is C9H18N2O5. The summed E-state index contributed by atoms with van der Waals surface area (Å²) in [6.07, 6.45) is -1.80. The largest absolute Gasteiger partial charge is 0.443 e. The van der Waals surface area contributed by atoms with Crippen molar-refractivity contribution in [2.75, 3.05) is 20.3 Å². The summed E-state index contributed by atoms with van der Waals surface area (Å²) in [7, 11) is 1.45. The maximum Gasteiger partial charge on any atom is 0.438 e. The van der Waals surface area contributed by atoms with Gasteiger partial charge in [0.15, 0.2) is 0 Å². The summed E-state index contributed by atoms with van der Waals surface area (Å²) in [5, 5.41) is 0. The maximum absolute atomic E-state index is 11.6. The van der Waals surface area contributed by atoms with Gasteiger partial charge in [0.05, 0.1) is 13.2 Å². The standard InChI is InChI=1S/C9H18N2O5/c1-9(2,3)15-7(12)11(5-6-14-4)8(13)16-10/h5-6,10H2,1-4H3. The van der Waals surface area contributed by atoms with E-state index in [9.17, 15) is 9.59 Å². The summed E-state index contributed by atoms with van der Waals surface area (Å²) in [5.74, 6) is 4.71. The third kappa shape index (κ3) is 5.52. The molecule has 0 spiro atoms. The molecule has 0 aliphatic heterocycles. The fraction of sp³-hybridized carbons (Fsp3) is 0.778. The molecule has 0 atom stereocenters. The van der Waals surface area contributed by atoms with E-state index in [0.717, 1.165) is 4.90 Å². The Morgan fingerprint density at radius 1 is 1.25 bits per heavy atom. The maximum atomic E-state index is 11.6. The molecule has 0 rings (SSSR count). The lowest BCUT2D eigenvalue weighted by atomic mass is 10.2. The molecule has 0 fully saturated rings. The predicted molar refractivity (Wildman–Crippen MR) is 55.5 cm³/mol. The number of carbonyl (C=O) groups is 2. The van der Waals surface area contributed by atoms with Crippen molar-refractivity contribution in [3.63, 3.8) is 0 Å². The third-order valence-electron chi connectivity index (χ3n) is 1.45. The van der Waals surface area contributed by atoms with Gasteiger partial charge in [0.25, 0.3) is 0 Å². The Labute approximate surface area is 94.4 Å². The van der Waals surface area contributed by atoms with Crippen LogP contribution in [0.2, 0.25) is 0 Å². The monoisotopic (exact) mass is 234 g/mol. The minimum Gasteiger partial charge on any atom is -0.443 e. The lowest BCUT2D eigenvalue weighted by Gasteiger charge is -2.24. The Hall–Kier alpha value is -1.34. The smallest absolute Gasteiger partial charge is 0.438 e. The minimum atomic E-state index is -0.980. The van der Waals surface area contributed by atoms with Crippen molar-refractivity contribution in [1.82, 2.24) is 4.90 Å². The van der Waals surface area contributed by atoms with Crippen LogP contribution in [-0.4, -0.2) is 42.9 Å². The highest BCUT2D eigenvalue weighted by atomic mass is 16.7. The first-order valence-electron chi connectivity index (χ1n) is 4.72. The zero-order valence-corrected chi connectivity index (χ0v) is 9.98. The number of methoxy groups -OCH3 is 1. The van der Waals surface area contributed by atoms with Gasteiger partial charge in [-0.15, -0.1) is 0 Å². The number of rotatable bonds is 3. The van der Waals surface area contributed by atoms with Gasteiger partial charge < -0.3 is 14.3 Å². The van der Waals surface area contributed by atoms with Crippen molar-refractivity contribution in [3.05, 3.63) is 0 Å². The first-order chi connectivity index (χ1) is 7.31. The Kier molecular flexibility index (Phi) is 5.76. The van der Waals surface area contributed by atoms with Crippen LogP contribution < -0.4 is 5.90 Å². The van der Waals surface area contributed by atoms with Crippen LogP contribution in [0.15, 0.2) is 0 Å². The molecule has 7 heteroatoms. The van der Waals surface area contributed by atoms with E-state index >= 15 is 0 Å². The van der Waals surface area contributed by atoms with Gasteiger partial charge in [0, 0.05) is 7.11 Å². The van der Waals surface area contributed by atoms with Gasteiger partial charge in [0.1, 0.15) is 5.60 Å². The molecule has 0 saturated heterocycles. The van der Waals surface area contributed by atoms with Gasteiger partial charge in [-0.05, 0) is 20.8 Å². The molecule has 0 aromatic rings. The van der Waals surface area contributed by atoms with Gasteiger partial charge in [-0.25, -0.2) is 14.5 Å². The lowest BCUT2D eigenvalue weighted by molar-refractivity contribution is 0.0172. The average Bonchev–Trinajstić information content (AvgIpc) is 2.15. The number of imide groups is 1. The fourth-order valence-corrected chi connectivity index (χ4v) is 0.820. The molecule has 2 N–H and O–H groups in total. The average molecular weight is 234 g/mol. The van der Waals surface area contributed by atoms with Crippen molar-refractivity contribution in [2.45, 2.75) is 26.4 Å². The Balaban J connectivity index is 4.50. The molecule has 0 aliphatic rings. The van der Waals surface area contributed by atoms with Gasteiger partial charge in [-0.3, -0.25) is 0 Å². The fourth-order valence-electron chi connectivity index (χ4n) is 0.820. The van der Waals surface area contributed by atoms with Crippen LogP contribution in [0.5, 0.6) is 0 Å². The molecule has 0 aromatic carbocycles. The van der Waals surface area contributed by atoms with Gasteiger partial charge in [-0.2, -0.15) is 5.90 Å². The number of amides is 2. The zero-order valence-electron chi connectivity index (χ0n) is 9.98. The lowest BCUT2D eigenvalue weighted by Crippen LogP contribution is -2.43. The number of hydrogen-bond donors (Lipinski definition) is 1. The van der Waals surface area contributed by atoms with Crippen LogP contribution >= 0.6 is 0 Å². The molecule has 0 bridgehead atoms. The first-order valence-corrected chi connectivity index (χ1v) is 4.72. The number of nitrogens with two attached hydrogens (primary N) is 1. The zero-order chi connectivity index (χ0) is 12.8. The second-order valence-electron chi connectivity index (χ2n) is 4.01. The van der Waals surface area contributed by atoms with Crippen LogP contribution in [-0.2, 0) is 14.3 Å². The number of nitrogens with zero attached hydrogens (tertiary/aromatic N) is 1. The SMILES string of the molecule is COCCN(C(=O)ON)C(=O)OC(C)(C)C. The molecule has 16 heavy (non-hydrogen) atoms. The summed E-state index contributed by atoms with van der Waals surface area (Å²) in [4.78, 5) is 27.4. The molecule has 0 radical (unpaired) electrons. The molecule has 0 unspecified atom stereocenters. The van der Waals surface area contributed by atoms with Crippen LogP contribution in [0.25, 0.3) is 0 Å². The summed E-state index contributed by atoms with van der Waals surface area (Å²) in [5.41, 5.74) is -0.697. The molecule has 7 nitrogen and oxygen atoms in total. The normalized spacial score (nSPS) is 10.8. The van der Waals surface area contributed by atoms with E-state index in [1.165, 1.54) is 7.11 Å². The van der Waals surface area contributed by atoms with Crippen LogP contribution in [0.4, 0.5) is 9.59 Å². The minimum absolute atomic E-state index is 0.0153. The second kappa shape index (κ2) is 6.29. The predicted octanol–water partition coefficient (Wildman–Crippen LogP) is 0.880. The van der Waals surface area contributed by atoms with Gasteiger partial charge in [0.2, 0.25) is 0 Å². The molecule has 94 valence electrons. The van der Waals surface area contributed by atoms with Crippen molar-refractivity contribution in [3.8, 4) is 0 Å². The summed E-state index contributed by atoms with van der Waals surface area (Å²) < 4.78 is 9.74. The Morgan fingerprint density at radius 3 is 2.19 bits per heavy atom. The van der Waals surface area contributed by atoms with E-state index in [0.29, 0.717) is 0 Å². The number of carbonyl (C=O) groups excluding carboxylic acids is 2. The van der Waals surface area contributed by atoms with E-state index in [-0.39, 0.29) is 13.2 Å². The number of ether oxygens (including phenoxy) is 2. The summed E-state index contributed by atoms with van der Waals surface area (Å²) in [6, 6.07) is 0.